The van der Waals surface area contributed by atoms with Crippen molar-refractivity contribution >= 4 is 41.3 Å². The quantitative estimate of drug-likeness (QED) is 0.286. The van der Waals surface area contributed by atoms with E-state index < -0.39 is 23.7 Å². The van der Waals surface area contributed by atoms with Crippen molar-refractivity contribution in [1.82, 2.24) is 10.6 Å². The Kier molecular flexibility index (Phi) is 8.93. The van der Waals surface area contributed by atoms with Crippen molar-refractivity contribution in [3.63, 3.8) is 0 Å². The van der Waals surface area contributed by atoms with Gasteiger partial charge in [0.05, 0.1) is 22.3 Å². The van der Waals surface area contributed by atoms with Gasteiger partial charge in [-0.3, -0.25) is 10.2 Å². The zero-order chi connectivity index (χ0) is 22.2. The topological polar surface area (TPSA) is 103 Å². The molecule has 0 unspecified atom stereocenters. The third-order valence-electron chi connectivity index (χ3n) is 3.37. The highest BCUT2D eigenvalue weighted by Crippen LogP contribution is 2.31. The smallest absolute Gasteiger partial charge is 0.405 e. The van der Waals surface area contributed by atoms with Crippen molar-refractivity contribution in [2.45, 2.75) is 19.1 Å². The van der Waals surface area contributed by atoms with Crippen molar-refractivity contribution < 1.29 is 18.0 Å². The number of nitrogens with two attached hydrogens (primary N) is 1. The number of amides is 1. The summed E-state index contributed by atoms with van der Waals surface area (Å²) in [6.45, 7) is 5.21. The second kappa shape index (κ2) is 10.7. The molecule has 6 nitrogen and oxygen atoms in total. The molecule has 1 atom stereocenters. The van der Waals surface area contributed by atoms with Gasteiger partial charge in [-0.2, -0.15) is 13.2 Å². The molecule has 5 N–H and O–H groups in total. The Bertz CT molecular complexity index is 879. The van der Waals surface area contributed by atoms with Crippen LogP contribution in [0.25, 0.3) is 0 Å². The van der Waals surface area contributed by atoms with Crippen LogP contribution < -0.4 is 16.4 Å². The number of hydrogen-bond acceptors (Lipinski definition) is 3. The molecule has 0 aliphatic rings. The number of hydrogen-bond donors (Lipinski definition) is 4. The summed E-state index contributed by atoms with van der Waals surface area (Å²) < 4.78 is 38.8. The summed E-state index contributed by atoms with van der Waals surface area (Å²) in [6, 6.07) is 1.69. The normalized spacial score (nSPS) is 13.9. The van der Waals surface area contributed by atoms with Crippen LogP contribution in [0.5, 0.6) is 0 Å². The van der Waals surface area contributed by atoms with E-state index in [1.165, 1.54) is 25.3 Å². The fourth-order valence-corrected chi connectivity index (χ4v) is 2.36. The van der Waals surface area contributed by atoms with E-state index in [2.05, 4.69) is 22.2 Å². The van der Waals surface area contributed by atoms with Crippen LogP contribution in [0.4, 0.5) is 13.2 Å². The molecule has 1 amide bonds. The fourth-order valence-electron chi connectivity index (χ4n) is 2.01. The molecule has 1 aromatic rings. The molecule has 0 aliphatic carbocycles. The molecule has 0 aromatic heterocycles. The summed E-state index contributed by atoms with van der Waals surface area (Å²) in [5.74, 6) is -0.733. The number of carbonyl (C=O) groups is 1. The number of benzene rings is 1. The average molecular weight is 448 g/mol. The van der Waals surface area contributed by atoms with Crippen LogP contribution in [-0.4, -0.2) is 24.1 Å². The summed E-state index contributed by atoms with van der Waals surface area (Å²) >= 11 is 11.7. The number of halogens is 5. The van der Waals surface area contributed by atoms with Crippen LogP contribution in [0.2, 0.25) is 5.02 Å². The number of allylic oxidation sites excluding steroid dienone is 3. The van der Waals surface area contributed by atoms with Gasteiger partial charge in [0.25, 0.3) is 5.91 Å². The minimum Gasteiger partial charge on any atom is -0.405 e. The SMILES string of the molecule is C=C(N/C(=N\C=N)[C@H](C)NC(=O)c1cc(Cl)cc(C(F)(F)F)c1)/C(Cl)=C\C=C/N. The van der Waals surface area contributed by atoms with Gasteiger partial charge >= 0.3 is 6.18 Å². The summed E-state index contributed by atoms with van der Waals surface area (Å²) in [4.78, 5) is 16.2. The maximum Gasteiger partial charge on any atom is 0.416 e. The van der Waals surface area contributed by atoms with E-state index in [4.69, 9.17) is 34.3 Å². The third kappa shape index (κ3) is 7.63. The molecule has 0 saturated heterocycles. The molecule has 156 valence electrons. The Morgan fingerprint density at radius 1 is 1.38 bits per heavy atom. The Labute approximate surface area is 175 Å². The zero-order valence-electron chi connectivity index (χ0n) is 15.1. The van der Waals surface area contributed by atoms with Crippen molar-refractivity contribution in [1.29, 1.82) is 5.41 Å². The lowest BCUT2D eigenvalue weighted by atomic mass is 10.1. The maximum atomic E-state index is 12.9. The third-order valence-corrected chi connectivity index (χ3v) is 3.94. The van der Waals surface area contributed by atoms with E-state index in [-0.39, 0.29) is 27.2 Å². The number of aliphatic imine (C=N–C) groups is 1. The molecule has 29 heavy (non-hydrogen) atoms. The molecule has 0 saturated carbocycles. The molecule has 0 bridgehead atoms. The summed E-state index contributed by atoms with van der Waals surface area (Å²) in [5, 5.41) is 12.3. The molecule has 1 aromatic carbocycles. The van der Waals surface area contributed by atoms with Crippen LogP contribution >= 0.6 is 23.2 Å². The number of carbonyl (C=O) groups excluding carboxylic acids is 1. The van der Waals surface area contributed by atoms with Crippen LogP contribution in [0, 0.1) is 5.41 Å². The minimum absolute atomic E-state index is 0.0831. The first-order chi connectivity index (χ1) is 13.5. The molecule has 1 rings (SSSR count). The predicted octanol–water partition coefficient (Wildman–Crippen LogP) is 4.18. The van der Waals surface area contributed by atoms with Gasteiger partial charge in [0.1, 0.15) is 12.2 Å². The van der Waals surface area contributed by atoms with E-state index >= 15 is 0 Å². The monoisotopic (exact) mass is 447 g/mol. The number of nitrogens with zero attached hydrogens (tertiary/aromatic N) is 1. The molecule has 0 heterocycles. The second-order valence-corrected chi connectivity index (χ2v) is 6.41. The second-order valence-electron chi connectivity index (χ2n) is 5.57. The Hall–Kier alpha value is -2.78. The van der Waals surface area contributed by atoms with Crippen LogP contribution in [0.3, 0.4) is 0 Å². The highest BCUT2D eigenvalue weighted by molar-refractivity contribution is 6.32. The van der Waals surface area contributed by atoms with Crippen LogP contribution in [0.15, 0.2) is 58.9 Å². The zero-order valence-corrected chi connectivity index (χ0v) is 16.7. The van der Waals surface area contributed by atoms with Crippen molar-refractivity contribution in [2.24, 2.45) is 10.7 Å². The highest BCUT2D eigenvalue weighted by Gasteiger charge is 2.32. The van der Waals surface area contributed by atoms with E-state index in [1.54, 1.807) is 0 Å². The van der Waals surface area contributed by atoms with Crippen molar-refractivity contribution in [3.8, 4) is 0 Å². The fraction of sp³-hybridized carbons (Fsp3) is 0.167. The number of amidine groups is 1. The van der Waals surface area contributed by atoms with E-state index in [0.29, 0.717) is 6.07 Å². The van der Waals surface area contributed by atoms with Crippen molar-refractivity contribution in [2.75, 3.05) is 0 Å². The van der Waals surface area contributed by atoms with Gasteiger partial charge in [-0.05, 0) is 43.5 Å². The molecule has 0 radical (unpaired) electrons. The summed E-state index contributed by atoms with van der Waals surface area (Å²) in [5.41, 5.74) is 4.09. The van der Waals surface area contributed by atoms with Gasteiger partial charge in [-0.15, -0.1) is 0 Å². The first-order valence-corrected chi connectivity index (χ1v) is 8.70. The maximum absolute atomic E-state index is 12.9. The molecular formula is C18H18Cl2F3N5O. The van der Waals surface area contributed by atoms with Gasteiger partial charge in [0, 0.05) is 10.6 Å². The minimum atomic E-state index is -4.65. The van der Waals surface area contributed by atoms with Gasteiger partial charge in [-0.25, -0.2) is 4.99 Å². The van der Waals surface area contributed by atoms with E-state index in [9.17, 15) is 18.0 Å². The van der Waals surface area contributed by atoms with Crippen LogP contribution in [0.1, 0.15) is 22.8 Å². The Balaban J connectivity index is 3.02. The Morgan fingerprint density at radius 3 is 2.59 bits per heavy atom. The predicted molar refractivity (Wildman–Crippen MR) is 109 cm³/mol. The van der Waals surface area contributed by atoms with Crippen LogP contribution in [-0.2, 0) is 6.18 Å². The molecule has 0 spiro atoms. The lowest BCUT2D eigenvalue weighted by molar-refractivity contribution is -0.137. The molecule has 0 aliphatic heterocycles. The van der Waals surface area contributed by atoms with E-state index in [1.807, 2.05) is 0 Å². The van der Waals surface area contributed by atoms with Gasteiger partial charge in [0.15, 0.2) is 0 Å². The molecular weight excluding hydrogens is 430 g/mol. The highest BCUT2D eigenvalue weighted by atomic mass is 35.5. The number of nitrogens with one attached hydrogen (secondary N) is 3. The first-order valence-electron chi connectivity index (χ1n) is 7.95. The summed E-state index contributed by atoms with van der Waals surface area (Å²) in [6.07, 6.45) is 0.235. The molecule has 11 heteroatoms. The first kappa shape index (κ1) is 24.3. The van der Waals surface area contributed by atoms with Gasteiger partial charge in [-0.1, -0.05) is 29.8 Å². The standard InChI is InChI=1S/C18H18Cl2F3N5O/c1-10(15(20)4-3-5-24)27-16(26-9-25)11(2)28-17(29)12-6-13(18(21,22)23)8-14(19)7-12/h3-9,11H,1,24H2,2H3,(H,28,29)(H2,25,26,27)/b5-3-,15-4+/t11-/m0/s1. The largest absolute Gasteiger partial charge is 0.416 e. The molecule has 0 fully saturated rings. The summed E-state index contributed by atoms with van der Waals surface area (Å²) in [7, 11) is 0. The lowest BCUT2D eigenvalue weighted by Crippen LogP contribution is -2.44. The van der Waals surface area contributed by atoms with E-state index in [0.717, 1.165) is 18.5 Å². The number of alkyl halides is 3. The Morgan fingerprint density at radius 2 is 2.03 bits per heavy atom. The van der Waals surface area contributed by atoms with Gasteiger partial charge in [0.2, 0.25) is 0 Å². The number of rotatable bonds is 7. The average Bonchev–Trinajstić information content (AvgIpc) is 2.64. The lowest BCUT2D eigenvalue weighted by Gasteiger charge is -2.19. The van der Waals surface area contributed by atoms with Gasteiger partial charge < -0.3 is 16.4 Å². The van der Waals surface area contributed by atoms with Crippen molar-refractivity contribution in [3.05, 3.63) is 70.0 Å².